The lowest BCUT2D eigenvalue weighted by Crippen LogP contribution is -2.53. The van der Waals surface area contributed by atoms with Crippen LogP contribution in [0.1, 0.15) is 12.8 Å². The van der Waals surface area contributed by atoms with Crippen LogP contribution in [0.25, 0.3) is 0 Å². The van der Waals surface area contributed by atoms with Gasteiger partial charge in [0.25, 0.3) is 11.8 Å². The quantitative estimate of drug-likeness (QED) is 0.747. The van der Waals surface area contributed by atoms with Gasteiger partial charge >= 0.3 is 12.0 Å². The highest BCUT2D eigenvalue weighted by Crippen LogP contribution is 2.28. The smallest absolute Gasteiger partial charge is 0.324 e. The molecular weight excluding hydrogens is 352 g/mol. The number of nitrogens with zero attached hydrogens (tertiary/aromatic N) is 5. The number of carbonyl (C=O) groups is 1. The highest BCUT2D eigenvalue weighted by atomic mass is 19.3. The van der Waals surface area contributed by atoms with Gasteiger partial charge in [0.1, 0.15) is 0 Å². The van der Waals surface area contributed by atoms with Gasteiger partial charge in [0, 0.05) is 32.5 Å². The second kappa shape index (κ2) is 7.52. The number of ether oxygens (including phenoxy) is 3. The van der Waals surface area contributed by atoms with Crippen molar-refractivity contribution >= 4 is 11.9 Å². The lowest BCUT2D eigenvalue weighted by atomic mass is 10.1. The summed E-state index contributed by atoms with van der Waals surface area (Å²) < 4.78 is 42.2. The maximum atomic E-state index is 13.3. The number of halogens is 2. The minimum atomic E-state index is -2.70. The van der Waals surface area contributed by atoms with E-state index in [4.69, 9.17) is 14.2 Å². The van der Waals surface area contributed by atoms with E-state index < -0.39 is 12.0 Å². The van der Waals surface area contributed by atoms with Gasteiger partial charge < -0.3 is 24.0 Å². The van der Waals surface area contributed by atoms with Gasteiger partial charge in [0.05, 0.1) is 27.4 Å². The van der Waals surface area contributed by atoms with E-state index in [2.05, 4.69) is 15.0 Å². The largest absolute Gasteiger partial charge is 0.467 e. The molecule has 1 unspecified atom stereocenters. The van der Waals surface area contributed by atoms with Crippen molar-refractivity contribution in [1.29, 1.82) is 0 Å². The zero-order chi connectivity index (χ0) is 18.7. The second-order valence-electron chi connectivity index (χ2n) is 6.10. The number of morpholine rings is 1. The Kier molecular flexibility index (Phi) is 5.35. The van der Waals surface area contributed by atoms with Crippen LogP contribution < -0.4 is 14.4 Å². The molecule has 0 aliphatic carbocycles. The maximum absolute atomic E-state index is 13.3. The van der Waals surface area contributed by atoms with Crippen LogP contribution in [0.3, 0.4) is 0 Å². The third-order valence-electron chi connectivity index (χ3n) is 4.38. The zero-order valence-electron chi connectivity index (χ0n) is 14.7. The SMILES string of the molecule is COc1nc(OC)nc(N2CCOC(C(=O)N3CCC(F)(F)CC3)C2)n1. The number of carbonyl (C=O) groups excluding carboxylic acids is 1. The molecule has 1 aromatic rings. The van der Waals surface area contributed by atoms with Crippen molar-refractivity contribution in [3.05, 3.63) is 0 Å². The van der Waals surface area contributed by atoms with E-state index in [-0.39, 0.29) is 57.0 Å². The number of piperidine rings is 1. The lowest BCUT2D eigenvalue weighted by Gasteiger charge is -2.37. The molecule has 2 fully saturated rings. The monoisotopic (exact) mass is 373 g/mol. The number of amides is 1. The summed E-state index contributed by atoms with van der Waals surface area (Å²) >= 11 is 0. The number of anilines is 1. The van der Waals surface area contributed by atoms with Crippen molar-refractivity contribution in [3.8, 4) is 12.0 Å². The first-order valence-corrected chi connectivity index (χ1v) is 8.29. The Morgan fingerprint density at radius 3 is 2.31 bits per heavy atom. The van der Waals surface area contributed by atoms with Crippen LogP contribution in [0.15, 0.2) is 0 Å². The lowest BCUT2D eigenvalue weighted by molar-refractivity contribution is -0.150. The molecule has 11 heteroatoms. The molecule has 0 N–H and O–H groups in total. The second-order valence-corrected chi connectivity index (χ2v) is 6.10. The maximum Gasteiger partial charge on any atom is 0.324 e. The standard InChI is InChI=1S/C15H21F2N5O4/c1-24-13-18-12(19-14(20-13)25-2)22-7-8-26-10(9-22)11(23)21-5-3-15(16,17)4-6-21/h10H,3-9H2,1-2H3. The summed E-state index contributed by atoms with van der Waals surface area (Å²) in [4.78, 5) is 28.1. The van der Waals surface area contributed by atoms with Gasteiger partial charge in [-0.05, 0) is 0 Å². The fourth-order valence-corrected chi connectivity index (χ4v) is 2.89. The molecule has 0 bridgehead atoms. The number of hydrogen-bond donors (Lipinski definition) is 0. The van der Waals surface area contributed by atoms with E-state index in [1.54, 1.807) is 4.90 Å². The van der Waals surface area contributed by atoms with Crippen molar-refractivity contribution in [2.45, 2.75) is 24.9 Å². The summed E-state index contributed by atoms with van der Waals surface area (Å²) in [6.45, 7) is 1.02. The first kappa shape index (κ1) is 18.5. The number of alkyl halides is 2. The van der Waals surface area contributed by atoms with Crippen molar-refractivity contribution in [3.63, 3.8) is 0 Å². The Morgan fingerprint density at radius 1 is 1.12 bits per heavy atom. The van der Waals surface area contributed by atoms with Crippen molar-refractivity contribution in [2.75, 3.05) is 51.9 Å². The molecule has 1 amide bonds. The van der Waals surface area contributed by atoms with E-state index in [1.807, 2.05) is 0 Å². The number of hydrogen-bond acceptors (Lipinski definition) is 8. The Hall–Kier alpha value is -2.30. The predicted octanol–water partition coefficient (Wildman–Crippen LogP) is 0.352. The van der Waals surface area contributed by atoms with Crippen LogP contribution >= 0.6 is 0 Å². The molecule has 0 aromatic carbocycles. The third-order valence-corrected chi connectivity index (χ3v) is 4.38. The highest BCUT2D eigenvalue weighted by Gasteiger charge is 2.39. The Labute approximate surface area is 149 Å². The van der Waals surface area contributed by atoms with E-state index >= 15 is 0 Å². The molecule has 0 spiro atoms. The van der Waals surface area contributed by atoms with Crippen LogP contribution in [0.4, 0.5) is 14.7 Å². The third kappa shape index (κ3) is 4.09. The fourth-order valence-electron chi connectivity index (χ4n) is 2.89. The van der Waals surface area contributed by atoms with E-state index in [0.717, 1.165) is 0 Å². The normalized spacial score (nSPS) is 22.8. The molecule has 3 heterocycles. The van der Waals surface area contributed by atoms with Gasteiger partial charge in [-0.1, -0.05) is 0 Å². The minimum absolute atomic E-state index is 0.0269. The van der Waals surface area contributed by atoms with Crippen LogP contribution in [-0.4, -0.2) is 84.8 Å². The van der Waals surface area contributed by atoms with Gasteiger partial charge in [-0.2, -0.15) is 9.97 Å². The molecule has 9 nitrogen and oxygen atoms in total. The molecule has 144 valence electrons. The Balaban J connectivity index is 1.68. The molecule has 0 saturated carbocycles. The topological polar surface area (TPSA) is 89.9 Å². The Morgan fingerprint density at radius 2 is 1.73 bits per heavy atom. The average Bonchev–Trinajstić information content (AvgIpc) is 2.67. The summed E-state index contributed by atoms with van der Waals surface area (Å²) in [6.07, 6.45) is -1.40. The molecule has 3 rings (SSSR count). The van der Waals surface area contributed by atoms with Gasteiger partial charge in [-0.25, -0.2) is 8.78 Å². The number of rotatable bonds is 4. The first-order chi connectivity index (χ1) is 12.4. The van der Waals surface area contributed by atoms with E-state index in [1.165, 1.54) is 19.1 Å². The molecule has 2 aliphatic heterocycles. The molecule has 2 saturated heterocycles. The number of methoxy groups -OCH3 is 2. The Bertz CT molecular complexity index is 631. The summed E-state index contributed by atoms with van der Waals surface area (Å²) in [6, 6.07) is 0.193. The zero-order valence-corrected chi connectivity index (χ0v) is 14.7. The average molecular weight is 373 g/mol. The molecule has 1 atom stereocenters. The van der Waals surface area contributed by atoms with Crippen molar-refractivity contribution < 1.29 is 27.8 Å². The summed E-state index contributed by atoms with van der Waals surface area (Å²) in [5.41, 5.74) is 0. The predicted molar refractivity (Wildman–Crippen MR) is 85.6 cm³/mol. The molecule has 0 radical (unpaired) electrons. The fraction of sp³-hybridized carbons (Fsp3) is 0.733. The number of likely N-dealkylation sites (tertiary alicyclic amines) is 1. The van der Waals surface area contributed by atoms with Crippen LogP contribution in [0.2, 0.25) is 0 Å². The van der Waals surface area contributed by atoms with E-state index in [0.29, 0.717) is 12.5 Å². The number of aromatic nitrogens is 3. The van der Waals surface area contributed by atoms with Crippen molar-refractivity contribution in [1.82, 2.24) is 19.9 Å². The van der Waals surface area contributed by atoms with Crippen LogP contribution in [0.5, 0.6) is 12.0 Å². The molecule has 1 aromatic heterocycles. The summed E-state index contributed by atoms with van der Waals surface area (Å²) in [5.74, 6) is -2.69. The minimum Gasteiger partial charge on any atom is -0.467 e. The molecule has 2 aliphatic rings. The van der Waals surface area contributed by atoms with Crippen LogP contribution in [0, 0.1) is 0 Å². The van der Waals surface area contributed by atoms with E-state index in [9.17, 15) is 13.6 Å². The molecular formula is C15H21F2N5O4. The van der Waals surface area contributed by atoms with Crippen LogP contribution in [-0.2, 0) is 9.53 Å². The van der Waals surface area contributed by atoms with Gasteiger partial charge in [0.15, 0.2) is 6.10 Å². The van der Waals surface area contributed by atoms with Gasteiger partial charge in [-0.15, -0.1) is 4.98 Å². The highest BCUT2D eigenvalue weighted by molar-refractivity contribution is 5.82. The van der Waals surface area contributed by atoms with Crippen molar-refractivity contribution in [2.24, 2.45) is 0 Å². The summed E-state index contributed by atoms with van der Waals surface area (Å²) in [5, 5.41) is 0. The van der Waals surface area contributed by atoms with Gasteiger partial charge in [0.2, 0.25) is 5.95 Å². The molecule has 26 heavy (non-hydrogen) atoms. The van der Waals surface area contributed by atoms with Gasteiger partial charge in [-0.3, -0.25) is 4.79 Å². The first-order valence-electron chi connectivity index (χ1n) is 8.29. The summed E-state index contributed by atoms with van der Waals surface area (Å²) in [7, 11) is 2.85.